The predicted octanol–water partition coefficient (Wildman–Crippen LogP) is 2.39. The first-order valence-corrected chi connectivity index (χ1v) is 5.18. The highest BCUT2D eigenvalue weighted by Gasteiger charge is 2.10. The van der Waals surface area contributed by atoms with Crippen LogP contribution in [0.1, 0.15) is 18.7 Å². The topological polar surface area (TPSA) is 38.1 Å². The molecular formula is C10H11BrN2O. The molecule has 0 bridgehead atoms. The van der Waals surface area contributed by atoms with Gasteiger partial charge >= 0.3 is 0 Å². The van der Waals surface area contributed by atoms with E-state index in [4.69, 9.17) is 0 Å². The molecule has 0 aliphatic carbocycles. The molecular weight excluding hydrogens is 244 g/mol. The number of hydrogen-bond donors (Lipinski definition) is 1. The lowest BCUT2D eigenvalue weighted by atomic mass is 10.2. The Morgan fingerprint density at radius 2 is 2.21 bits per heavy atom. The molecule has 0 aliphatic heterocycles. The largest absolute Gasteiger partial charge is 0.387 e. The lowest BCUT2D eigenvalue weighted by molar-refractivity contribution is 0.191. The first kappa shape index (κ1) is 9.68. The fourth-order valence-corrected chi connectivity index (χ4v) is 1.96. The second-order valence-corrected chi connectivity index (χ2v) is 4.29. The predicted molar refractivity (Wildman–Crippen MR) is 59.0 cm³/mol. The van der Waals surface area contributed by atoms with Gasteiger partial charge in [-0.3, -0.25) is 0 Å². The smallest absolute Gasteiger partial charge is 0.139 e. The molecule has 0 aromatic carbocycles. The number of rotatable bonds is 1. The van der Waals surface area contributed by atoms with E-state index >= 15 is 0 Å². The number of nitrogens with zero attached hydrogens (tertiary/aromatic N) is 2. The van der Waals surface area contributed by atoms with Crippen molar-refractivity contribution < 1.29 is 5.11 Å². The second-order valence-electron chi connectivity index (χ2n) is 3.37. The molecule has 0 radical (unpaired) electrons. The number of hydrogen-bond acceptors (Lipinski definition) is 2. The summed E-state index contributed by atoms with van der Waals surface area (Å²) in [5.74, 6) is 0. The van der Waals surface area contributed by atoms with Crippen LogP contribution in [0.3, 0.4) is 0 Å². The number of halogens is 1. The molecule has 1 unspecified atom stereocenters. The fourth-order valence-electron chi connectivity index (χ4n) is 1.61. The van der Waals surface area contributed by atoms with Crippen molar-refractivity contribution in [2.75, 3.05) is 0 Å². The standard InChI is InChI=1S/C10H11BrN2O/c1-6(14)9-4-7-3-8(11)5-12-10(7)13(9)2/h3-6,14H,1-2H3. The molecule has 2 aromatic heterocycles. The van der Waals surface area contributed by atoms with Crippen LogP contribution < -0.4 is 0 Å². The molecule has 0 fully saturated rings. The minimum absolute atomic E-state index is 0.465. The summed E-state index contributed by atoms with van der Waals surface area (Å²) >= 11 is 3.37. The quantitative estimate of drug-likeness (QED) is 0.849. The summed E-state index contributed by atoms with van der Waals surface area (Å²) in [6, 6.07) is 3.95. The van der Waals surface area contributed by atoms with E-state index in [1.807, 2.05) is 23.7 Å². The van der Waals surface area contributed by atoms with Gasteiger partial charge in [0.25, 0.3) is 0 Å². The molecule has 2 rings (SSSR count). The Balaban J connectivity index is 2.73. The molecule has 2 aromatic rings. The summed E-state index contributed by atoms with van der Waals surface area (Å²) in [4.78, 5) is 4.29. The van der Waals surface area contributed by atoms with Crippen molar-refractivity contribution >= 4 is 27.0 Å². The summed E-state index contributed by atoms with van der Waals surface area (Å²) in [5.41, 5.74) is 1.77. The van der Waals surface area contributed by atoms with Crippen LogP contribution in [0.15, 0.2) is 22.8 Å². The van der Waals surface area contributed by atoms with Crippen LogP contribution in [-0.4, -0.2) is 14.7 Å². The van der Waals surface area contributed by atoms with E-state index in [9.17, 15) is 5.11 Å². The van der Waals surface area contributed by atoms with Gasteiger partial charge in [-0.1, -0.05) is 0 Å². The van der Waals surface area contributed by atoms with E-state index in [2.05, 4.69) is 20.9 Å². The minimum atomic E-state index is -0.465. The molecule has 0 saturated heterocycles. The van der Waals surface area contributed by atoms with E-state index < -0.39 is 6.10 Å². The molecule has 74 valence electrons. The van der Waals surface area contributed by atoms with Gasteiger partial charge in [-0.25, -0.2) is 4.98 Å². The van der Waals surface area contributed by atoms with Crippen LogP contribution in [0.5, 0.6) is 0 Å². The van der Waals surface area contributed by atoms with Crippen LogP contribution in [0, 0.1) is 0 Å². The summed E-state index contributed by atoms with van der Waals surface area (Å²) < 4.78 is 2.86. The van der Waals surface area contributed by atoms with E-state index in [0.29, 0.717) is 0 Å². The van der Waals surface area contributed by atoms with Crippen molar-refractivity contribution in [3.63, 3.8) is 0 Å². The van der Waals surface area contributed by atoms with Gasteiger partial charge in [0.1, 0.15) is 5.65 Å². The Labute approximate surface area is 90.5 Å². The van der Waals surface area contributed by atoms with Crippen LogP contribution in [0.4, 0.5) is 0 Å². The van der Waals surface area contributed by atoms with E-state index in [1.165, 1.54) is 0 Å². The zero-order valence-electron chi connectivity index (χ0n) is 8.03. The number of aryl methyl sites for hydroxylation is 1. The zero-order chi connectivity index (χ0) is 10.3. The average Bonchev–Trinajstić information content (AvgIpc) is 2.43. The first-order valence-electron chi connectivity index (χ1n) is 4.38. The zero-order valence-corrected chi connectivity index (χ0v) is 9.62. The normalized spacial score (nSPS) is 13.4. The van der Waals surface area contributed by atoms with Gasteiger partial charge in [-0.05, 0) is 35.0 Å². The van der Waals surface area contributed by atoms with E-state index in [-0.39, 0.29) is 0 Å². The van der Waals surface area contributed by atoms with Crippen molar-refractivity contribution in [1.82, 2.24) is 9.55 Å². The van der Waals surface area contributed by atoms with Crippen LogP contribution in [0.25, 0.3) is 11.0 Å². The highest BCUT2D eigenvalue weighted by atomic mass is 79.9. The van der Waals surface area contributed by atoms with Crippen molar-refractivity contribution in [1.29, 1.82) is 0 Å². The number of aromatic nitrogens is 2. The Hall–Kier alpha value is -0.870. The van der Waals surface area contributed by atoms with Crippen molar-refractivity contribution in [2.24, 2.45) is 7.05 Å². The Morgan fingerprint density at radius 3 is 2.86 bits per heavy atom. The van der Waals surface area contributed by atoms with Crippen molar-refractivity contribution in [2.45, 2.75) is 13.0 Å². The monoisotopic (exact) mass is 254 g/mol. The number of fused-ring (bicyclic) bond motifs is 1. The van der Waals surface area contributed by atoms with E-state index in [0.717, 1.165) is 21.2 Å². The van der Waals surface area contributed by atoms with Crippen molar-refractivity contribution in [3.8, 4) is 0 Å². The summed E-state index contributed by atoms with van der Waals surface area (Å²) in [5, 5.41) is 10.6. The first-order chi connectivity index (χ1) is 6.59. The number of aliphatic hydroxyl groups is 1. The summed E-state index contributed by atoms with van der Waals surface area (Å²) in [6.07, 6.45) is 1.29. The van der Waals surface area contributed by atoms with Gasteiger partial charge in [0.05, 0.1) is 6.10 Å². The maximum atomic E-state index is 9.51. The Bertz CT molecular complexity index is 476. The lowest BCUT2D eigenvalue weighted by Crippen LogP contribution is -2.00. The molecule has 14 heavy (non-hydrogen) atoms. The number of aliphatic hydroxyl groups excluding tert-OH is 1. The van der Waals surface area contributed by atoms with Gasteiger partial charge in [0, 0.05) is 28.8 Å². The average molecular weight is 255 g/mol. The maximum Gasteiger partial charge on any atom is 0.139 e. The molecule has 0 aliphatic rings. The van der Waals surface area contributed by atoms with Gasteiger partial charge in [-0.2, -0.15) is 0 Å². The minimum Gasteiger partial charge on any atom is -0.387 e. The molecule has 1 atom stereocenters. The molecule has 1 N–H and O–H groups in total. The maximum absolute atomic E-state index is 9.51. The highest BCUT2D eigenvalue weighted by Crippen LogP contribution is 2.23. The fraction of sp³-hybridized carbons (Fsp3) is 0.300. The van der Waals surface area contributed by atoms with Crippen LogP contribution >= 0.6 is 15.9 Å². The highest BCUT2D eigenvalue weighted by molar-refractivity contribution is 9.10. The van der Waals surface area contributed by atoms with E-state index in [1.54, 1.807) is 13.1 Å². The third-order valence-electron chi connectivity index (χ3n) is 2.30. The third-order valence-corrected chi connectivity index (χ3v) is 2.73. The van der Waals surface area contributed by atoms with Gasteiger partial charge in [0.15, 0.2) is 0 Å². The molecule has 0 amide bonds. The van der Waals surface area contributed by atoms with Gasteiger partial charge in [0.2, 0.25) is 0 Å². The van der Waals surface area contributed by atoms with Crippen molar-refractivity contribution in [3.05, 3.63) is 28.5 Å². The van der Waals surface area contributed by atoms with Crippen LogP contribution in [0.2, 0.25) is 0 Å². The van der Waals surface area contributed by atoms with Gasteiger partial charge in [-0.15, -0.1) is 0 Å². The third kappa shape index (κ3) is 1.44. The van der Waals surface area contributed by atoms with Gasteiger partial charge < -0.3 is 9.67 Å². The molecule has 0 spiro atoms. The molecule has 4 heteroatoms. The van der Waals surface area contributed by atoms with Crippen LogP contribution in [-0.2, 0) is 7.05 Å². The Morgan fingerprint density at radius 1 is 1.50 bits per heavy atom. The lowest BCUT2D eigenvalue weighted by Gasteiger charge is -2.05. The Kier molecular flexibility index (Phi) is 2.33. The molecule has 0 saturated carbocycles. The SMILES string of the molecule is CC(O)c1cc2cc(Br)cnc2n1C. The number of pyridine rings is 1. The second kappa shape index (κ2) is 3.37. The summed E-state index contributed by atoms with van der Waals surface area (Å²) in [6.45, 7) is 1.75. The molecule has 3 nitrogen and oxygen atoms in total. The molecule has 2 heterocycles. The summed E-state index contributed by atoms with van der Waals surface area (Å²) in [7, 11) is 1.91.